The number of aromatic nitrogens is 1. The fraction of sp³-hybridized carbons (Fsp3) is 0.458. The highest BCUT2D eigenvalue weighted by atomic mass is 19.4. The summed E-state index contributed by atoms with van der Waals surface area (Å²) in [5, 5.41) is 6.41. The van der Waals surface area contributed by atoms with E-state index in [9.17, 15) is 31.5 Å². The summed E-state index contributed by atoms with van der Waals surface area (Å²) in [6.45, 7) is 3.50. The summed E-state index contributed by atoms with van der Waals surface area (Å²) in [6.07, 6.45) is -4.87. The number of nitrogens with zero attached hydrogens (tertiary/aromatic N) is 2. The first-order valence-electron chi connectivity index (χ1n) is 11.2. The second-order valence-electron chi connectivity index (χ2n) is 9.16. The molecule has 2 amide bonds. The van der Waals surface area contributed by atoms with Crippen molar-refractivity contribution in [1.82, 2.24) is 15.4 Å². The third-order valence-corrected chi connectivity index (χ3v) is 6.96. The maximum absolute atomic E-state index is 14.8. The summed E-state index contributed by atoms with van der Waals surface area (Å²) < 4.78 is 78.5. The van der Waals surface area contributed by atoms with Crippen molar-refractivity contribution >= 4 is 11.8 Å². The molecule has 2 saturated heterocycles. The average Bonchev–Trinajstić information content (AvgIpc) is 3.22. The number of nitrogens with one attached hydrogen (secondary N) is 1. The summed E-state index contributed by atoms with van der Waals surface area (Å²) in [4.78, 5) is 28.0. The molecule has 2 fully saturated rings. The highest BCUT2D eigenvalue weighted by Gasteiger charge is 2.51. The summed E-state index contributed by atoms with van der Waals surface area (Å²) in [7, 11) is 0. The first kappa shape index (κ1) is 24.2. The number of rotatable bonds is 5. The molecule has 7 nitrogen and oxygen atoms in total. The molecule has 5 rings (SSSR count). The first-order valence-corrected chi connectivity index (χ1v) is 11.2. The van der Waals surface area contributed by atoms with Crippen molar-refractivity contribution in [2.75, 3.05) is 13.2 Å². The van der Waals surface area contributed by atoms with Crippen molar-refractivity contribution in [3.63, 3.8) is 0 Å². The van der Waals surface area contributed by atoms with E-state index >= 15 is 0 Å². The van der Waals surface area contributed by atoms with E-state index in [1.165, 1.54) is 4.90 Å². The van der Waals surface area contributed by atoms with E-state index < -0.39 is 64.8 Å². The van der Waals surface area contributed by atoms with E-state index in [1.807, 2.05) is 0 Å². The fourth-order valence-corrected chi connectivity index (χ4v) is 4.67. The molecule has 1 aliphatic carbocycles. The van der Waals surface area contributed by atoms with E-state index in [1.54, 1.807) is 13.8 Å². The van der Waals surface area contributed by atoms with Crippen molar-refractivity contribution in [3.05, 3.63) is 51.9 Å². The molecule has 3 heterocycles. The number of halogens is 5. The number of carbonyl (C=O) groups excluding carboxylic acids is 2. The molecule has 2 aliphatic heterocycles. The van der Waals surface area contributed by atoms with Crippen molar-refractivity contribution in [2.45, 2.75) is 44.6 Å². The molecule has 3 aliphatic rings. The Balaban J connectivity index is 1.43. The predicted molar refractivity (Wildman–Crippen MR) is 112 cm³/mol. The Morgan fingerprint density at radius 3 is 2.42 bits per heavy atom. The number of hydrogen-bond acceptors (Lipinski definition) is 5. The lowest BCUT2D eigenvalue weighted by Gasteiger charge is -2.36. The number of benzene rings is 1. The molecule has 1 aromatic heterocycles. The van der Waals surface area contributed by atoms with Gasteiger partial charge in [-0.05, 0) is 32.4 Å². The largest absolute Gasteiger partial charge is 0.419 e. The normalized spacial score (nSPS) is 23.8. The number of hydrogen-bond donors (Lipinski definition) is 1. The highest BCUT2D eigenvalue weighted by Crippen LogP contribution is 2.39. The van der Waals surface area contributed by atoms with Crippen LogP contribution in [0.4, 0.5) is 22.0 Å². The molecule has 0 bridgehead atoms. The van der Waals surface area contributed by atoms with E-state index in [0.717, 1.165) is 0 Å². The van der Waals surface area contributed by atoms with Crippen LogP contribution < -0.4 is 5.32 Å². The Hall–Kier alpha value is -3.46. The number of ether oxygens (including phenoxy) is 1. The molecule has 1 aromatic carbocycles. The molecule has 12 heteroatoms. The zero-order valence-electron chi connectivity index (χ0n) is 19.1. The van der Waals surface area contributed by atoms with Crippen LogP contribution in [0.3, 0.4) is 0 Å². The standard InChI is InChI=1S/C24H20F5N3O4/c1-10-11(2)31-36-21(10)23(34)32-18-4-3-12(18)5-19(32)22(33)30-20(13-8-35-9-13)14-6-17(26)15(7-16(14)25)24(27,28)29/h6-7,12-13,18-20H,5,8-9H2,1-2H3,(H,30,33)/t12-,18-,19-,20-/m1/s1. The summed E-state index contributed by atoms with van der Waals surface area (Å²) in [5.74, 6) is 0.776. The van der Waals surface area contributed by atoms with Crippen LogP contribution in [-0.4, -0.2) is 47.2 Å². The van der Waals surface area contributed by atoms with Gasteiger partial charge in [-0.2, -0.15) is 13.2 Å². The van der Waals surface area contributed by atoms with E-state index in [0.29, 0.717) is 17.3 Å². The van der Waals surface area contributed by atoms with Gasteiger partial charge in [0.1, 0.15) is 23.7 Å². The van der Waals surface area contributed by atoms with Gasteiger partial charge in [0.2, 0.25) is 11.7 Å². The lowest BCUT2D eigenvalue weighted by Crippen LogP contribution is -2.52. The molecule has 190 valence electrons. The molecule has 0 saturated carbocycles. The molecule has 0 radical (unpaired) electrons. The van der Waals surface area contributed by atoms with Crippen LogP contribution in [0.15, 0.2) is 16.7 Å². The highest BCUT2D eigenvalue weighted by molar-refractivity contribution is 5.98. The molecule has 0 unspecified atom stereocenters. The number of carbonyl (C=O) groups is 2. The number of likely N-dealkylation sites (tertiary alicyclic amines) is 1. The Labute approximate surface area is 201 Å². The molecule has 0 spiro atoms. The lowest BCUT2D eigenvalue weighted by molar-refractivity contribution is -0.140. The van der Waals surface area contributed by atoms with Crippen LogP contribution in [0.25, 0.3) is 0 Å². The van der Waals surface area contributed by atoms with Crippen LogP contribution in [0.5, 0.6) is 0 Å². The van der Waals surface area contributed by atoms with Crippen LogP contribution >= 0.6 is 0 Å². The molecular weight excluding hydrogens is 489 g/mol. The Kier molecular flexibility index (Phi) is 5.78. The van der Waals surface area contributed by atoms with Crippen molar-refractivity contribution in [3.8, 4) is 11.8 Å². The van der Waals surface area contributed by atoms with Crippen LogP contribution in [0, 0.1) is 49.2 Å². The molecular formula is C24H20F5N3O4. The van der Waals surface area contributed by atoms with E-state index in [-0.39, 0.29) is 37.4 Å². The molecule has 1 N–H and O–H groups in total. The minimum Gasteiger partial charge on any atom is -0.381 e. The lowest BCUT2D eigenvalue weighted by atomic mass is 9.89. The Bertz CT molecular complexity index is 1310. The summed E-state index contributed by atoms with van der Waals surface area (Å²) in [5.41, 5.74) is -1.14. The van der Waals surface area contributed by atoms with Gasteiger partial charge < -0.3 is 19.5 Å². The van der Waals surface area contributed by atoms with Gasteiger partial charge in [0.05, 0.1) is 36.4 Å². The van der Waals surface area contributed by atoms with Gasteiger partial charge in [-0.1, -0.05) is 17.0 Å². The minimum absolute atomic E-state index is 0.0283. The second-order valence-corrected chi connectivity index (χ2v) is 9.16. The number of fused-ring (bicyclic) bond motifs is 1. The minimum atomic E-state index is -5.08. The maximum atomic E-state index is 14.8. The predicted octanol–water partition coefficient (Wildman–Crippen LogP) is 3.31. The van der Waals surface area contributed by atoms with E-state index in [2.05, 4.69) is 22.3 Å². The average molecular weight is 509 g/mol. The topological polar surface area (TPSA) is 84.7 Å². The van der Waals surface area contributed by atoms with Crippen LogP contribution in [0.2, 0.25) is 0 Å². The zero-order valence-corrected chi connectivity index (χ0v) is 19.1. The monoisotopic (exact) mass is 509 g/mol. The van der Waals surface area contributed by atoms with Crippen molar-refractivity contribution < 1.29 is 40.8 Å². The van der Waals surface area contributed by atoms with Crippen LogP contribution in [-0.2, 0) is 15.7 Å². The number of aryl methyl sites for hydroxylation is 1. The van der Waals surface area contributed by atoms with Gasteiger partial charge in [0, 0.05) is 17.0 Å². The van der Waals surface area contributed by atoms with Gasteiger partial charge in [0.15, 0.2) is 0 Å². The number of alkyl halides is 3. The Morgan fingerprint density at radius 2 is 1.89 bits per heavy atom. The molecule has 4 atom stereocenters. The number of amides is 2. The van der Waals surface area contributed by atoms with Gasteiger partial charge in [-0.15, -0.1) is 0 Å². The SMILES string of the molecule is Cc1noc(C(=O)N2[C@@H](C(=O)N[C@@H](c3cc(F)c(C(F)(F)F)cc3F)C3COC3)C[C@H]3C#C[C@H]32)c1C. The first-order chi connectivity index (χ1) is 17.0. The third kappa shape index (κ3) is 3.91. The molecule has 2 aromatic rings. The van der Waals surface area contributed by atoms with Crippen LogP contribution in [0.1, 0.15) is 45.4 Å². The van der Waals surface area contributed by atoms with Crippen molar-refractivity contribution in [2.24, 2.45) is 11.8 Å². The fourth-order valence-electron chi connectivity index (χ4n) is 4.67. The zero-order chi connectivity index (χ0) is 25.9. The van der Waals surface area contributed by atoms with Gasteiger partial charge in [-0.25, -0.2) is 8.78 Å². The molecule has 36 heavy (non-hydrogen) atoms. The van der Waals surface area contributed by atoms with Crippen molar-refractivity contribution in [1.29, 1.82) is 0 Å². The maximum Gasteiger partial charge on any atom is 0.419 e. The summed E-state index contributed by atoms with van der Waals surface area (Å²) in [6, 6.07) is -2.19. The second kappa shape index (κ2) is 8.58. The van der Waals surface area contributed by atoms with Gasteiger partial charge in [0.25, 0.3) is 5.91 Å². The van der Waals surface area contributed by atoms with Gasteiger partial charge >= 0.3 is 6.18 Å². The van der Waals surface area contributed by atoms with E-state index in [4.69, 9.17) is 9.26 Å². The Morgan fingerprint density at radius 1 is 1.17 bits per heavy atom. The van der Waals surface area contributed by atoms with Gasteiger partial charge in [-0.3, -0.25) is 9.59 Å². The third-order valence-electron chi connectivity index (χ3n) is 6.96. The quantitative estimate of drug-likeness (QED) is 0.494. The smallest absolute Gasteiger partial charge is 0.381 e. The summed E-state index contributed by atoms with van der Waals surface area (Å²) >= 11 is 0.